The normalized spacial score (nSPS) is 16.4. The molecule has 34 heavy (non-hydrogen) atoms. The van der Waals surface area contributed by atoms with Crippen molar-refractivity contribution >= 4 is 27.4 Å². The lowest BCUT2D eigenvalue weighted by atomic mass is 10.1. The Kier molecular flexibility index (Phi) is 8.39. The van der Waals surface area contributed by atoms with E-state index in [-0.39, 0.29) is 23.3 Å². The van der Waals surface area contributed by atoms with E-state index < -0.39 is 21.7 Å². The molecule has 1 aromatic carbocycles. The fourth-order valence-corrected chi connectivity index (χ4v) is 4.15. The average molecular weight is 496 g/mol. The molecule has 2 heterocycles. The molecule has 186 valence electrons. The van der Waals surface area contributed by atoms with Gasteiger partial charge in [0.25, 0.3) is 0 Å². The molecule has 3 rings (SSSR count). The number of methoxy groups -OCH3 is 1. The molecule has 0 bridgehead atoms. The minimum atomic E-state index is -3.35. The summed E-state index contributed by atoms with van der Waals surface area (Å²) < 4.78 is 49.1. The molecule has 2 aromatic rings. The van der Waals surface area contributed by atoms with Crippen molar-refractivity contribution in [2.75, 3.05) is 63.5 Å². The minimum Gasteiger partial charge on any atom is -0.383 e. The Balaban J connectivity index is 1.91. The summed E-state index contributed by atoms with van der Waals surface area (Å²) in [4.78, 5) is 24.6. The maximum atomic E-state index is 14.9. The van der Waals surface area contributed by atoms with Gasteiger partial charge in [0.1, 0.15) is 11.6 Å². The molecule has 0 saturated carbocycles. The molecule has 1 atom stereocenters. The molecule has 0 spiro atoms. The lowest BCUT2D eigenvalue weighted by Crippen LogP contribution is -2.44. The smallest absolute Gasteiger partial charge is 0.321 e. The highest BCUT2D eigenvalue weighted by Gasteiger charge is 2.23. The van der Waals surface area contributed by atoms with Gasteiger partial charge in [0.2, 0.25) is 0 Å². The van der Waals surface area contributed by atoms with Crippen LogP contribution in [0.2, 0.25) is 0 Å². The number of benzene rings is 1. The molecule has 1 aliphatic heterocycles. The van der Waals surface area contributed by atoms with E-state index in [2.05, 4.69) is 15.3 Å². The zero-order valence-corrected chi connectivity index (χ0v) is 20.6. The number of likely N-dealkylation sites (N-methyl/N-ethyl adjacent to an activating group) is 1. The third-order valence-corrected chi connectivity index (χ3v) is 6.10. The van der Waals surface area contributed by atoms with Crippen LogP contribution in [0.1, 0.15) is 12.6 Å². The Labute approximate surface area is 199 Å². The topological polar surface area (TPSA) is 114 Å². The van der Waals surface area contributed by atoms with Crippen LogP contribution in [0.4, 0.5) is 20.7 Å². The molecule has 1 saturated heterocycles. The van der Waals surface area contributed by atoms with E-state index in [1.54, 1.807) is 19.2 Å². The van der Waals surface area contributed by atoms with Gasteiger partial charge in [-0.05, 0) is 25.1 Å². The van der Waals surface area contributed by atoms with Gasteiger partial charge in [0.15, 0.2) is 15.7 Å². The van der Waals surface area contributed by atoms with Gasteiger partial charge < -0.3 is 24.6 Å². The SMILES string of the molecule is COCCN(C)C(=O)Nc1ccc(-c2nc(CS(C)(=O)=O)cc(N3CCOC[C@H]3C)n2)cc1F. The van der Waals surface area contributed by atoms with Crippen molar-refractivity contribution in [2.24, 2.45) is 0 Å². The average Bonchev–Trinajstić information content (AvgIpc) is 2.77. The van der Waals surface area contributed by atoms with Gasteiger partial charge in [-0.15, -0.1) is 0 Å². The number of morpholine rings is 1. The first-order valence-corrected chi connectivity index (χ1v) is 12.8. The molecule has 1 fully saturated rings. The van der Waals surface area contributed by atoms with Crippen LogP contribution in [0.5, 0.6) is 0 Å². The molecule has 2 amide bonds. The standard InChI is InChI=1S/C22H30FN5O5S/c1-15-13-33-10-8-28(15)20-12-17(14-34(4,30)31)24-21(26-20)16-5-6-19(18(23)11-16)25-22(29)27(2)7-9-32-3/h5-6,11-12,15H,7-10,13-14H2,1-4H3,(H,25,29)/t15-/m1/s1. The first-order valence-electron chi connectivity index (χ1n) is 10.8. The highest BCUT2D eigenvalue weighted by Crippen LogP contribution is 2.26. The Bertz CT molecular complexity index is 1130. The number of carbonyl (C=O) groups is 1. The zero-order valence-electron chi connectivity index (χ0n) is 19.7. The fraction of sp³-hybridized carbons (Fsp3) is 0.500. The van der Waals surface area contributed by atoms with Crippen molar-refractivity contribution in [2.45, 2.75) is 18.7 Å². The molecule has 0 aliphatic carbocycles. The van der Waals surface area contributed by atoms with Crippen molar-refractivity contribution in [3.63, 3.8) is 0 Å². The van der Waals surface area contributed by atoms with Crippen LogP contribution in [0.25, 0.3) is 11.4 Å². The maximum absolute atomic E-state index is 14.9. The summed E-state index contributed by atoms with van der Waals surface area (Å²) in [7, 11) is -0.240. The third kappa shape index (κ3) is 6.84. The Morgan fingerprint density at radius 2 is 2.12 bits per heavy atom. The van der Waals surface area contributed by atoms with Crippen molar-refractivity contribution < 1.29 is 27.1 Å². The van der Waals surface area contributed by atoms with Crippen molar-refractivity contribution in [3.05, 3.63) is 35.8 Å². The van der Waals surface area contributed by atoms with Crippen LogP contribution in [0.3, 0.4) is 0 Å². The molecule has 10 nitrogen and oxygen atoms in total. The van der Waals surface area contributed by atoms with Crippen molar-refractivity contribution in [3.8, 4) is 11.4 Å². The molecule has 1 aliphatic rings. The summed E-state index contributed by atoms with van der Waals surface area (Å²) in [6.07, 6.45) is 1.13. The van der Waals surface area contributed by atoms with Gasteiger partial charge in [-0.25, -0.2) is 27.6 Å². The van der Waals surface area contributed by atoms with Gasteiger partial charge in [-0.2, -0.15) is 0 Å². The summed E-state index contributed by atoms with van der Waals surface area (Å²) >= 11 is 0. The highest BCUT2D eigenvalue weighted by molar-refractivity contribution is 7.89. The van der Waals surface area contributed by atoms with E-state index in [0.29, 0.717) is 50.0 Å². The molecule has 12 heteroatoms. The molecule has 1 N–H and O–H groups in total. The number of hydrogen-bond donors (Lipinski definition) is 1. The van der Waals surface area contributed by atoms with E-state index in [4.69, 9.17) is 9.47 Å². The summed E-state index contributed by atoms with van der Waals surface area (Å²) in [5.41, 5.74) is 0.687. The van der Waals surface area contributed by atoms with Crippen LogP contribution in [0, 0.1) is 5.82 Å². The second-order valence-electron chi connectivity index (χ2n) is 8.27. The molecular formula is C22H30FN5O5S. The van der Waals surface area contributed by atoms with E-state index in [1.807, 2.05) is 11.8 Å². The van der Waals surface area contributed by atoms with Crippen LogP contribution in [-0.2, 0) is 25.1 Å². The highest BCUT2D eigenvalue weighted by atomic mass is 32.2. The zero-order chi connectivity index (χ0) is 24.9. The van der Waals surface area contributed by atoms with E-state index in [1.165, 1.54) is 24.1 Å². The van der Waals surface area contributed by atoms with Crippen molar-refractivity contribution in [1.82, 2.24) is 14.9 Å². The monoisotopic (exact) mass is 495 g/mol. The largest absolute Gasteiger partial charge is 0.383 e. The second-order valence-corrected chi connectivity index (χ2v) is 10.4. The molecule has 0 unspecified atom stereocenters. The van der Waals surface area contributed by atoms with E-state index >= 15 is 0 Å². The van der Waals surface area contributed by atoms with Gasteiger partial charge in [0.05, 0.1) is 43.0 Å². The first-order chi connectivity index (χ1) is 16.1. The summed E-state index contributed by atoms with van der Waals surface area (Å²) in [6.45, 7) is 4.32. The van der Waals surface area contributed by atoms with E-state index in [0.717, 1.165) is 6.26 Å². The second kappa shape index (κ2) is 11.1. The number of anilines is 2. The molecule has 1 aromatic heterocycles. The Morgan fingerprint density at radius 1 is 1.35 bits per heavy atom. The lowest BCUT2D eigenvalue weighted by molar-refractivity contribution is 0.0985. The first kappa shape index (κ1) is 25.8. The lowest BCUT2D eigenvalue weighted by Gasteiger charge is -2.34. The molecule has 0 radical (unpaired) electrons. The number of urea groups is 1. The van der Waals surface area contributed by atoms with E-state index in [9.17, 15) is 17.6 Å². The van der Waals surface area contributed by atoms with Gasteiger partial charge >= 0.3 is 6.03 Å². The summed E-state index contributed by atoms with van der Waals surface area (Å²) in [6, 6.07) is 5.44. The number of nitrogens with zero attached hydrogens (tertiary/aromatic N) is 4. The Hall–Kier alpha value is -2.83. The number of sulfone groups is 1. The number of halogens is 1. The number of aromatic nitrogens is 2. The number of amides is 2. The summed E-state index contributed by atoms with van der Waals surface area (Å²) in [5.74, 6) is -0.177. The fourth-order valence-electron chi connectivity index (χ4n) is 3.47. The van der Waals surface area contributed by atoms with Crippen molar-refractivity contribution in [1.29, 1.82) is 0 Å². The van der Waals surface area contributed by atoms with Crippen LogP contribution >= 0.6 is 0 Å². The van der Waals surface area contributed by atoms with Crippen LogP contribution < -0.4 is 10.2 Å². The number of nitrogens with one attached hydrogen (secondary N) is 1. The van der Waals surface area contributed by atoms with Crippen LogP contribution in [0.15, 0.2) is 24.3 Å². The minimum absolute atomic E-state index is 0.00679. The number of rotatable bonds is 8. The van der Waals surface area contributed by atoms with Crippen LogP contribution in [-0.4, -0.2) is 88.7 Å². The number of ether oxygens (including phenoxy) is 2. The van der Waals surface area contributed by atoms with Gasteiger partial charge in [-0.1, -0.05) is 0 Å². The predicted octanol–water partition coefficient (Wildman–Crippen LogP) is 2.16. The summed E-state index contributed by atoms with van der Waals surface area (Å²) in [5, 5.41) is 2.52. The van der Waals surface area contributed by atoms with Gasteiger partial charge in [0, 0.05) is 45.1 Å². The quantitative estimate of drug-likeness (QED) is 0.593. The third-order valence-electron chi connectivity index (χ3n) is 5.28. The maximum Gasteiger partial charge on any atom is 0.321 e. The van der Waals surface area contributed by atoms with Gasteiger partial charge in [-0.3, -0.25) is 0 Å². The number of carbonyl (C=O) groups excluding carboxylic acids is 1. The Morgan fingerprint density at radius 3 is 2.76 bits per heavy atom. The number of hydrogen-bond acceptors (Lipinski definition) is 8. The predicted molar refractivity (Wildman–Crippen MR) is 127 cm³/mol. The molecular weight excluding hydrogens is 465 g/mol.